The summed E-state index contributed by atoms with van der Waals surface area (Å²) in [6.45, 7) is 2.95. The van der Waals surface area contributed by atoms with E-state index in [4.69, 9.17) is 4.74 Å². The molecule has 1 aliphatic carbocycles. The van der Waals surface area contributed by atoms with Crippen molar-refractivity contribution < 1.29 is 22.7 Å². The second kappa shape index (κ2) is 8.51. The zero-order chi connectivity index (χ0) is 20.4. The minimum absolute atomic E-state index is 0.0827. The Hall–Kier alpha value is -1.45. The number of hydrogen-bond acceptors (Lipinski definition) is 5. The molecular weight excluding hydrogens is 448 g/mol. The van der Waals surface area contributed by atoms with E-state index in [-0.39, 0.29) is 17.1 Å². The summed E-state index contributed by atoms with van der Waals surface area (Å²) in [4.78, 5) is 25.5. The maximum atomic E-state index is 13.0. The van der Waals surface area contributed by atoms with Crippen LogP contribution >= 0.6 is 15.9 Å². The molecule has 1 saturated heterocycles. The van der Waals surface area contributed by atoms with Crippen LogP contribution in [0.15, 0.2) is 27.6 Å². The Morgan fingerprint density at radius 3 is 2.43 bits per heavy atom. The van der Waals surface area contributed by atoms with Crippen molar-refractivity contribution >= 4 is 37.8 Å². The number of benzene rings is 1. The lowest BCUT2D eigenvalue weighted by molar-refractivity contribution is -0.150. The number of ether oxygens (including phenoxy) is 1. The van der Waals surface area contributed by atoms with Crippen molar-refractivity contribution in [1.82, 2.24) is 9.62 Å². The number of carbonyl (C=O) groups excluding carboxylic acids is 2. The van der Waals surface area contributed by atoms with Crippen LogP contribution in [0.5, 0.6) is 0 Å². The maximum absolute atomic E-state index is 13.0. The summed E-state index contributed by atoms with van der Waals surface area (Å²) in [6.07, 6.45) is 4.35. The van der Waals surface area contributed by atoms with Crippen molar-refractivity contribution in [2.45, 2.75) is 55.9 Å². The summed E-state index contributed by atoms with van der Waals surface area (Å²) in [6, 6.07) is 4.43. The molecule has 2 aliphatic rings. The third-order valence-electron chi connectivity index (χ3n) is 5.36. The van der Waals surface area contributed by atoms with Crippen molar-refractivity contribution in [1.29, 1.82) is 0 Å². The minimum Gasteiger partial charge on any atom is -0.464 e. The molecule has 0 spiro atoms. The highest BCUT2D eigenvalue weighted by atomic mass is 79.9. The third-order valence-corrected chi connectivity index (χ3v) is 7.95. The molecule has 1 heterocycles. The molecule has 9 heteroatoms. The summed E-state index contributed by atoms with van der Waals surface area (Å²) in [5.74, 6) is -0.918. The lowest BCUT2D eigenvalue weighted by Crippen LogP contribution is -2.53. The highest BCUT2D eigenvalue weighted by Crippen LogP contribution is 2.32. The average Bonchev–Trinajstić information content (AvgIpc) is 3.35. The van der Waals surface area contributed by atoms with Gasteiger partial charge in [-0.15, -0.1) is 0 Å². The Balaban J connectivity index is 1.88. The van der Waals surface area contributed by atoms with Crippen LogP contribution in [-0.4, -0.2) is 49.8 Å². The zero-order valence-electron chi connectivity index (χ0n) is 15.9. The molecule has 28 heavy (non-hydrogen) atoms. The van der Waals surface area contributed by atoms with Gasteiger partial charge in [0.25, 0.3) is 5.91 Å². The van der Waals surface area contributed by atoms with Crippen molar-refractivity contribution in [2.75, 3.05) is 19.7 Å². The molecule has 1 amide bonds. The molecule has 7 nitrogen and oxygen atoms in total. The van der Waals surface area contributed by atoms with Gasteiger partial charge in [0.1, 0.15) is 5.54 Å². The van der Waals surface area contributed by atoms with Gasteiger partial charge in [-0.05, 0) is 66.7 Å². The Labute approximate surface area is 174 Å². The first kappa shape index (κ1) is 21.3. The molecule has 154 valence electrons. The van der Waals surface area contributed by atoms with E-state index >= 15 is 0 Å². The smallest absolute Gasteiger partial charge is 0.331 e. The highest BCUT2D eigenvalue weighted by molar-refractivity contribution is 9.10. The Kier molecular flexibility index (Phi) is 6.46. The number of halogens is 1. The first-order chi connectivity index (χ1) is 13.3. The molecule has 0 bridgehead atoms. The standard InChI is InChI=1S/C19H25BrN2O5S/c1-2-27-18(24)19(9-3-4-10-19)21-17(23)15-13-14(7-8-16(15)20)28(25,26)22-11-5-6-12-22/h7-8,13H,2-6,9-12H2,1H3,(H,21,23). The van der Waals surface area contributed by atoms with E-state index in [1.54, 1.807) is 13.0 Å². The van der Waals surface area contributed by atoms with Crippen LogP contribution in [0.2, 0.25) is 0 Å². The van der Waals surface area contributed by atoms with Crippen molar-refractivity contribution in [3.05, 3.63) is 28.2 Å². The first-order valence-electron chi connectivity index (χ1n) is 9.59. The van der Waals surface area contributed by atoms with E-state index in [9.17, 15) is 18.0 Å². The van der Waals surface area contributed by atoms with E-state index < -0.39 is 27.4 Å². The highest BCUT2D eigenvalue weighted by Gasteiger charge is 2.44. The number of nitrogens with one attached hydrogen (secondary N) is 1. The SMILES string of the molecule is CCOC(=O)C1(NC(=O)c2cc(S(=O)(=O)N3CCCC3)ccc2Br)CCCC1. The normalized spacial score (nSPS) is 19.5. The predicted octanol–water partition coefficient (Wildman–Crippen LogP) is 2.84. The molecule has 0 radical (unpaired) electrons. The monoisotopic (exact) mass is 472 g/mol. The number of nitrogens with zero attached hydrogens (tertiary/aromatic N) is 1. The molecule has 1 aromatic rings. The largest absolute Gasteiger partial charge is 0.464 e. The van der Waals surface area contributed by atoms with Crippen LogP contribution in [0.4, 0.5) is 0 Å². The predicted molar refractivity (Wildman–Crippen MR) is 107 cm³/mol. The molecule has 1 aromatic carbocycles. The number of rotatable bonds is 6. The van der Waals surface area contributed by atoms with Gasteiger partial charge in [0.05, 0.1) is 17.1 Å². The molecule has 1 N–H and O–H groups in total. The molecular formula is C19H25BrN2O5S. The lowest BCUT2D eigenvalue weighted by Gasteiger charge is -2.28. The molecule has 1 aliphatic heterocycles. The zero-order valence-corrected chi connectivity index (χ0v) is 18.3. The fraction of sp³-hybridized carbons (Fsp3) is 0.579. The van der Waals surface area contributed by atoms with Crippen molar-refractivity contribution in [2.24, 2.45) is 0 Å². The second-order valence-electron chi connectivity index (χ2n) is 7.22. The number of esters is 1. The molecule has 0 unspecified atom stereocenters. The lowest BCUT2D eigenvalue weighted by atomic mass is 9.97. The van der Waals surface area contributed by atoms with E-state index in [2.05, 4.69) is 21.2 Å². The van der Waals surface area contributed by atoms with E-state index in [0.717, 1.165) is 25.7 Å². The topological polar surface area (TPSA) is 92.8 Å². The van der Waals surface area contributed by atoms with Gasteiger partial charge in [0, 0.05) is 17.6 Å². The summed E-state index contributed by atoms with van der Waals surface area (Å²) in [5.41, 5.74) is -0.855. The van der Waals surface area contributed by atoms with E-state index in [1.165, 1.54) is 16.4 Å². The van der Waals surface area contributed by atoms with Gasteiger partial charge in [-0.2, -0.15) is 4.31 Å². The summed E-state index contributed by atoms with van der Waals surface area (Å²) in [5, 5.41) is 2.83. The molecule has 0 aromatic heterocycles. The van der Waals surface area contributed by atoms with Gasteiger partial charge in [0.15, 0.2) is 0 Å². The van der Waals surface area contributed by atoms with Crippen LogP contribution in [0.25, 0.3) is 0 Å². The van der Waals surface area contributed by atoms with Crippen molar-refractivity contribution in [3.8, 4) is 0 Å². The van der Waals surface area contributed by atoms with Crippen LogP contribution in [-0.2, 0) is 19.6 Å². The average molecular weight is 473 g/mol. The fourth-order valence-electron chi connectivity index (χ4n) is 3.83. The number of carbonyl (C=O) groups is 2. The Morgan fingerprint density at radius 1 is 1.18 bits per heavy atom. The number of sulfonamides is 1. The number of amides is 1. The Bertz CT molecular complexity index is 859. The quantitative estimate of drug-likeness (QED) is 0.642. The summed E-state index contributed by atoms with van der Waals surface area (Å²) in [7, 11) is -3.64. The minimum atomic E-state index is -3.64. The fourth-order valence-corrected chi connectivity index (χ4v) is 5.80. The summed E-state index contributed by atoms with van der Waals surface area (Å²) >= 11 is 3.33. The van der Waals surface area contributed by atoms with E-state index in [1.807, 2.05) is 0 Å². The van der Waals surface area contributed by atoms with Gasteiger partial charge in [-0.25, -0.2) is 13.2 Å². The van der Waals surface area contributed by atoms with Crippen LogP contribution in [0.1, 0.15) is 55.8 Å². The maximum Gasteiger partial charge on any atom is 0.331 e. The van der Waals surface area contributed by atoms with Gasteiger partial charge in [-0.3, -0.25) is 4.79 Å². The molecule has 0 atom stereocenters. The van der Waals surface area contributed by atoms with Crippen LogP contribution < -0.4 is 5.32 Å². The van der Waals surface area contributed by atoms with Gasteiger partial charge in [-0.1, -0.05) is 12.8 Å². The molecule has 1 saturated carbocycles. The molecule has 3 rings (SSSR count). The second-order valence-corrected chi connectivity index (χ2v) is 10.0. The van der Waals surface area contributed by atoms with Crippen LogP contribution in [0, 0.1) is 0 Å². The van der Waals surface area contributed by atoms with Crippen molar-refractivity contribution in [3.63, 3.8) is 0 Å². The van der Waals surface area contributed by atoms with Gasteiger partial charge in [0.2, 0.25) is 10.0 Å². The van der Waals surface area contributed by atoms with E-state index in [0.29, 0.717) is 30.4 Å². The summed E-state index contributed by atoms with van der Waals surface area (Å²) < 4.78 is 32.7. The van der Waals surface area contributed by atoms with Gasteiger partial charge >= 0.3 is 5.97 Å². The van der Waals surface area contributed by atoms with Gasteiger partial charge < -0.3 is 10.1 Å². The number of hydrogen-bond donors (Lipinski definition) is 1. The third kappa shape index (κ3) is 4.11. The Morgan fingerprint density at radius 2 is 1.82 bits per heavy atom. The van der Waals surface area contributed by atoms with Crippen LogP contribution in [0.3, 0.4) is 0 Å². The molecule has 2 fully saturated rings. The first-order valence-corrected chi connectivity index (χ1v) is 11.8.